The van der Waals surface area contributed by atoms with E-state index in [0.29, 0.717) is 0 Å². The zero-order valence-electron chi connectivity index (χ0n) is 14.5. The Kier molecular flexibility index (Phi) is 10.9. The minimum atomic E-state index is -0.848. The first-order chi connectivity index (χ1) is 9.07. The maximum Gasteiger partial charge on any atom is 0.0535 e. The van der Waals surface area contributed by atoms with Gasteiger partial charge < -0.3 is 0 Å². The SMILES string of the molecule is CC[Si](CC)(CC)CCSCC[Si](CC)(CC)CC. The lowest BCUT2D eigenvalue weighted by atomic mass is 10.9. The highest BCUT2D eigenvalue weighted by Gasteiger charge is 2.27. The fourth-order valence-corrected chi connectivity index (χ4v) is 13.2. The predicted octanol–water partition coefficient (Wildman–Crippen LogP) is 6.74. The van der Waals surface area contributed by atoms with Crippen molar-refractivity contribution in [2.45, 2.75) is 89.9 Å². The molecule has 0 aliphatic carbocycles. The normalized spacial score (nSPS) is 12.9. The molecule has 0 aliphatic rings. The number of rotatable bonds is 12. The third kappa shape index (κ3) is 6.39. The van der Waals surface area contributed by atoms with E-state index in [2.05, 4.69) is 53.3 Å². The molecule has 0 bridgehead atoms. The van der Waals surface area contributed by atoms with Crippen LogP contribution >= 0.6 is 11.8 Å². The summed E-state index contributed by atoms with van der Waals surface area (Å²) in [5.74, 6) is 2.90. The van der Waals surface area contributed by atoms with Gasteiger partial charge in [0.15, 0.2) is 0 Å². The Morgan fingerprint density at radius 2 is 0.789 bits per heavy atom. The largest absolute Gasteiger partial charge is 0.163 e. The maximum absolute atomic E-state index is 2.44. The van der Waals surface area contributed by atoms with Gasteiger partial charge in [-0.2, -0.15) is 11.8 Å². The van der Waals surface area contributed by atoms with Gasteiger partial charge in [0.2, 0.25) is 0 Å². The van der Waals surface area contributed by atoms with E-state index in [1.54, 1.807) is 12.1 Å². The quantitative estimate of drug-likeness (QED) is 0.284. The first kappa shape index (κ1) is 19.8. The molecule has 0 spiro atoms. The Hall–Kier alpha value is 0.784. The van der Waals surface area contributed by atoms with Gasteiger partial charge in [0.1, 0.15) is 0 Å². The van der Waals surface area contributed by atoms with Crippen LogP contribution in [0.5, 0.6) is 0 Å². The van der Waals surface area contributed by atoms with Crippen LogP contribution in [0.4, 0.5) is 0 Å². The molecular weight excluding hydrogens is 280 g/mol. The van der Waals surface area contributed by atoms with E-state index in [-0.39, 0.29) is 0 Å². The number of thioether (sulfide) groups is 1. The molecule has 19 heavy (non-hydrogen) atoms. The van der Waals surface area contributed by atoms with Gasteiger partial charge in [-0.3, -0.25) is 0 Å². The van der Waals surface area contributed by atoms with Crippen molar-refractivity contribution in [3.63, 3.8) is 0 Å². The molecule has 0 aromatic rings. The van der Waals surface area contributed by atoms with Crippen molar-refractivity contribution >= 4 is 27.9 Å². The van der Waals surface area contributed by atoms with Crippen molar-refractivity contribution in [1.82, 2.24) is 0 Å². The van der Waals surface area contributed by atoms with E-state index in [4.69, 9.17) is 0 Å². The summed E-state index contributed by atoms with van der Waals surface area (Å²) in [6.07, 6.45) is 0. The van der Waals surface area contributed by atoms with Gasteiger partial charge in [0, 0.05) is 0 Å². The first-order valence-corrected chi connectivity index (χ1v) is 15.5. The van der Waals surface area contributed by atoms with E-state index < -0.39 is 16.1 Å². The van der Waals surface area contributed by atoms with Crippen molar-refractivity contribution in [2.24, 2.45) is 0 Å². The minimum Gasteiger partial charge on any atom is -0.163 e. The maximum atomic E-state index is 2.44. The van der Waals surface area contributed by atoms with Gasteiger partial charge in [0.25, 0.3) is 0 Å². The Morgan fingerprint density at radius 3 is 1.00 bits per heavy atom. The van der Waals surface area contributed by atoms with Crippen molar-refractivity contribution in [3.05, 3.63) is 0 Å². The fraction of sp³-hybridized carbons (Fsp3) is 1.00. The summed E-state index contributed by atoms with van der Waals surface area (Å²) < 4.78 is 0. The summed E-state index contributed by atoms with van der Waals surface area (Å²) in [5, 5.41) is 0. The second-order valence-corrected chi connectivity index (χ2v) is 18.7. The second-order valence-electron chi connectivity index (χ2n) is 6.23. The molecule has 0 unspecified atom stereocenters. The van der Waals surface area contributed by atoms with Crippen LogP contribution in [0.2, 0.25) is 48.4 Å². The van der Waals surface area contributed by atoms with Gasteiger partial charge in [-0.1, -0.05) is 77.8 Å². The molecule has 0 N–H and O–H groups in total. The summed E-state index contributed by atoms with van der Waals surface area (Å²) in [5.41, 5.74) is 0. The molecule has 0 amide bonds. The van der Waals surface area contributed by atoms with Crippen molar-refractivity contribution < 1.29 is 0 Å². The van der Waals surface area contributed by atoms with Crippen LogP contribution < -0.4 is 0 Å². The first-order valence-electron chi connectivity index (χ1n) is 8.65. The number of hydrogen-bond acceptors (Lipinski definition) is 1. The van der Waals surface area contributed by atoms with Crippen LogP contribution in [-0.4, -0.2) is 27.7 Å². The Morgan fingerprint density at radius 1 is 0.526 bits per heavy atom. The second kappa shape index (κ2) is 10.5. The number of hydrogen-bond donors (Lipinski definition) is 0. The van der Waals surface area contributed by atoms with Gasteiger partial charge in [-0.25, -0.2) is 0 Å². The summed E-state index contributed by atoms with van der Waals surface area (Å²) in [6, 6.07) is 12.1. The molecule has 0 rings (SSSR count). The Labute approximate surface area is 129 Å². The highest BCUT2D eigenvalue weighted by molar-refractivity contribution is 7.99. The lowest BCUT2D eigenvalue weighted by Gasteiger charge is -2.29. The lowest BCUT2D eigenvalue weighted by molar-refractivity contribution is 1.11. The summed E-state index contributed by atoms with van der Waals surface area (Å²) in [6.45, 7) is 14.6. The molecule has 0 aromatic carbocycles. The van der Waals surface area contributed by atoms with E-state index in [0.717, 1.165) is 0 Å². The molecule has 3 heteroatoms. The highest BCUT2D eigenvalue weighted by Crippen LogP contribution is 2.29. The lowest BCUT2D eigenvalue weighted by Crippen LogP contribution is -2.32. The van der Waals surface area contributed by atoms with Gasteiger partial charge in [-0.15, -0.1) is 0 Å². The molecule has 0 nitrogen and oxygen atoms in total. The molecule has 0 radical (unpaired) electrons. The van der Waals surface area contributed by atoms with Gasteiger partial charge in [0.05, 0.1) is 16.1 Å². The molecule has 0 saturated heterocycles. The van der Waals surface area contributed by atoms with Crippen LogP contribution in [-0.2, 0) is 0 Å². The standard InChI is InChI=1S/C16H38SSi2/c1-7-18(8-2,9-3)15-13-17-14-16-19(10-4,11-5)12-6/h7-16H2,1-6H3. The molecule has 0 aromatic heterocycles. The van der Waals surface area contributed by atoms with E-state index in [1.165, 1.54) is 47.8 Å². The van der Waals surface area contributed by atoms with E-state index in [1.807, 2.05) is 0 Å². The Balaban J connectivity index is 3.98. The minimum absolute atomic E-state index is 0.848. The van der Waals surface area contributed by atoms with Crippen LogP contribution in [0.25, 0.3) is 0 Å². The topological polar surface area (TPSA) is 0 Å². The van der Waals surface area contributed by atoms with Crippen LogP contribution in [0.3, 0.4) is 0 Å². The average molecular weight is 319 g/mol. The summed E-state index contributed by atoms with van der Waals surface area (Å²) >= 11 is 2.27. The monoisotopic (exact) mass is 318 g/mol. The Bertz CT molecular complexity index is 172. The third-order valence-corrected chi connectivity index (χ3v) is 19.4. The zero-order valence-corrected chi connectivity index (χ0v) is 17.3. The van der Waals surface area contributed by atoms with Crippen LogP contribution in [0.15, 0.2) is 0 Å². The summed E-state index contributed by atoms with van der Waals surface area (Å²) in [7, 11) is -1.70. The van der Waals surface area contributed by atoms with Gasteiger partial charge >= 0.3 is 0 Å². The molecule has 0 fully saturated rings. The van der Waals surface area contributed by atoms with Crippen LogP contribution in [0, 0.1) is 0 Å². The molecule has 116 valence electrons. The fourth-order valence-electron chi connectivity index (χ4n) is 3.24. The van der Waals surface area contributed by atoms with E-state index >= 15 is 0 Å². The van der Waals surface area contributed by atoms with Crippen molar-refractivity contribution in [1.29, 1.82) is 0 Å². The van der Waals surface area contributed by atoms with Crippen molar-refractivity contribution in [2.75, 3.05) is 11.5 Å². The zero-order chi connectivity index (χ0) is 14.8. The predicted molar refractivity (Wildman–Crippen MR) is 101 cm³/mol. The van der Waals surface area contributed by atoms with Gasteiger partial charge in [-0.05, 0) is 23.6 Å². The van der Waals surface area contributed by atoms with E-state index in [9.17, 15) is 0 Å². The van der Waals surface area contributed by atoms with Crippen molar-refractivity contribution in [3.8, 4) is 0 Å². The summed E-state index contributed by atoms with van der Waals surface area (Å²) in [4.78, 5) is 0. The molecule has 0 saturated carbocycles. The highest BCUT2D eigenvalue weighted by atomic mass is 32.2. The molecule has 0 atom stereocenters. The molecular formula is C16H38SSi2. The third-order valence-electron chi connectivity index (χ3n) is 6.05. The average Bonchev–Trinajstić information content (AvgIpc) is 2.48. The molecule has 0 aliphatic heterocycles. The van der Waals surface area contributed by atoms with Crippen LogP contribution in [0.1, 0.15) is 41.5 Å². The smallest absolute Gasteiger partial charge is 0.0535 e. The molecule has 0 heterocycles.